The van der Waals surface area contributed by atoms with E-state index in [2.05, 4.69) is 25.9 Å². The van der Waals surface area contributed by atoms with E-state index in [9.17, 15) is 39.3 Å². The van der Waals surface area contributed by atoms with Crippen LogP contribution in [0.5, 0.6) is 5.75 Å². The van der Waals surface area contributed by atoms with Crippen LogP contribution >= 0.6 is 0 Å². The third-order valence-corrected chi connectivity index (χ3v) is 5.18. The number of benzene rings is 1. The monoisotopic (exact) mass is 519 g/mol. The second kappa shape index (κ2) is 13.6. The number of primary amides is 1. The number of hydrogen-bond donors (Lipinski definition) is 9. The Morgan fingerprint density at radius 3 is 2.05 bits per heavy atom. The van der Waals surface area contributed by atoms with Gasteiger partial charge in [-0.15, -0.1) is 0 Å². The molecule has 0 aliphatic rings. The van der Waals surface area contributed by atoms with Crippen LogP contribution < -0.4 is 27.4 Å². The predicted octanol–water partition coefficient (Wildman–Crippen LogP) is -3.37. The molecule has 0 spiro atoms. The number of carbonyl (C=O) groups excluding carboxylic acids is 4. The van der Waals surface area contributed by atoms with Crippen molar-refractivity contribution in [2.75, 3.05) is 6.61 Å². The van der Waals surface area contributed by atoms with Crippen molar-refractivity contribution < 1.29 is 39.3 Å². The van der Waals surface area contributed by atoms with Gasteiger partial charge >= 0.3 is 5.97 Å². The van der Waals surface area contributed by atoms with Gasteiger partial charge in [0, 0.05) is 24.7 Å². The fourth-order valence-corrected chi connectivity index (χ4v) is 3.22. The number of aliphatic hydroxyl groups is 1. The maximum Gasteiger partial charge on any atom is 0.326 e. The van der Waals surface area contributed by atoms with Gasteiger partial charge in [0.1, 0.15) is 23.9 Å². The summed E-state index contributed by atoms with van der Waals surface area (Å²) in [6, 6.07) is 0.0160. The largest absolute Gasteiger partial charge is 0.508 e. The summed E-state index contributed by atoms with van der Waals surface area (Å²) in [6.45, 7) is -0.832. The van der Waals surface area contributed by atoms with Gasteiger partial charge in [0.15, 0.2) is 0 Å². The molecule has 0 aliphatic carbocycles. The third kappa shape index (κ3) is 9.23. The molecule has 0 saturated heterocycles. The number of aromatic amines is 1. The van der Waals surface area contributed by atoms with E-state index in [-0.39, 0.29) is 18.6 Å². The minimum absolute atomic E-state index is 0.0456. The number of amides is 4. The van der Waals surface area contributed by atoms with Gasteiger partial charge in [0.2, 0.25) is 23.6 Å². The molecule has 0 aliphatic heterocycles. The first kappa shape index (κ1) is 28.7. The number of H-pyrrole nitrogens is 1. The molecule has 15 nitrogen and oxygen atoms in total. The van der Waals surface area contributed by atoms with Crippen LogP contribution in [-0.4, -0.2) is 85.7 Å². The zero-order valence-corrected chi connectivity index (χ0v) is 19.6. The summed E-state index contributed by atoms with van der Waals surface area (Å²) in [7, 11) is 0. The molecule has 15 heteroatoms. The number of rotatable bonds is 14. The summed E-state index contributed by atoms with van der Waals surface area (Å²) in [5.74, 6) is -5.21. The van der Waals surface area contributed by atoms with Gasteiger partial charge in [-0.25, -0.2) is 9.78 Å². The van der Waals surface area contributed by atoms with Gasteiger partial charge in [-0.05, 0) is 17.7 Å². The van der Waals surface area contributed by atoms with E-state index in [0.29, 0.717) is 11.3 Å². The number of carboxylic acids is 1. The summed E-state index contributed by atoms with van der Waals surface area (Å²) in [5, 5.41) is 35.3. The lowest BCUT2D eigenvalue weighted by molar-refractivity contribution is -0.143. The van der Waals surface area contributed by atoms with Crippen molar-refractivity contribution in [2.45, 2.75) is 43.4 Å². The molecule has 0 bridgehead atoms. The molecule has 4 amide bonds. The molecule has 11 N–H and O–H groups in total. The number of aliphatic hydroxyl groups excluding tert-OH is 1. The molecule has 1 heterocycles. The second-order valence-corrected chi connectivity index (χ2v) is 8.13. The first-order valence-corrected chi connectivity index (χ1v) is 11.0. The minimum Gasteiger partial charge on any atom is -0.508 e. The van der Waals surface area contributed by atoms with Gasteiger partial charge in [0.25, 0.3) is 0 Å². The molecule has 4 unspecified atom stereocenters. The highest BCUT2D eigenvalue weighted by Gasteiger charge is 2.31. The van der Waals surface area contributed by atoms with E-state index in [4.69, 9.17) is 11.5 Å². The molecule has 1 aromatic carbocycles. The number of imidazole rings is 1. The zero-order chi connectivity index (χ0) is 27.5. The Kier molecular flexibility index (Phi) is 10.5. The summed E-state index contributed by atoms with van der Waals surface area (Å²) >= 11 is 0. The van der Waals surface area contributed by atoms with Crippen LogP contribution in [0.25, 0.3) is 0 Å². The topological polar surface area (TPSA) is 263 Å². The number of phenolic OH excluding ortho intramolecular Hbond substituents is 1. The normalized spacial score (nSPS) is 14.0. The second-order valence-electron chi connectivity index (χ2n) is 8.13. The lowest BCUT2D eigenvalue weighted by Crippen LogP contribution is -2.58. The highest BCUT2D eigenvalue weighted by Crippen LogP contribution is 2.12. The van der Waals surface area contributed by atoms with Crippen molar-refractivity contribution in [3.8, 4) is 5.75 Å². The summed E-state index contributed by atoms with van der Waals surface area (Å²) in [4.78, 5) is 67.4. The maximum atomic E-state index is 12.9. The van der Waals surface area contributed by atoms with E-state index in [1.165, 1.54) is 36.8 Å². The Morgan fingerprint density at radius 2 is 1.51 bits per heavy atom. The van der Waals surface area contributed by atoms with Crippen molar-refractivity contribution in [1.29, 1.82) is 0 Å². The van der Waals surface area contributed by atoms with Gasteiger partial charge in [0.05, 0.1) is 25.4 Å². The lowest BCUT2D eigenvalue weighted by atomic mass is 10.0. The maximum absolute atomic E-state index is 12.9. The van der Waals surface area contributed by atoms with E-state index < -0.39 is 66.8 Å². The number of carboxylic acid groups (broad SMARTS) is 1. The van der Waals surface area contributed by atoms with E-state index >= 15 is 0 Å². The minimum atomic E-state index is -1.65. The average Bonchev–Trinajstić information content (AvgIpc) is 3.35. The van der Waals surface area contributed by atoms with E-state index in [1.807, 2.05) is 0 Å². The number of aliphatic carboxylic acids is 1. The molecule has 37 heavy (non-hydrogen) atoms. The SMILES string of the molecule is NC(=O)CC(NC(=O)C(Cc1ccc(O)cc1)NC(=O)C(CO)NC(=O)C(N)Cc1cnc[nH]1)C(=O)O. The molecule has 200 valence electrons. The van der Waals surface area contributed by atoms with Crippen LogP contribution in [-0.2, 0) is 36.8 Å². The van der Waals surface area contributed by atoms with E-state index in [1.54, 1.807) is 0 Å². The number of carbonyl (C=O) groups is 5. The number of phenols is 1. The summed E-state index contributed by atoms with van der Waals surface area (Å²) < 4.78 is 0. The molecule has 0 saturated carbocycles. The Bertz CT molecular complexity index is 1090. The van der Waals surface area contributed by atoms with Crippen LogP contribution in [0.3, 0.4) is 0 Å². The molecule has 2 rings (SSSR count). The average molecular weight is 520 g/mol. The fourth-order valence-electron chi connectivity index (χ4n) is 3.22. The van der Waals surface area contributed by atoms with E-state index in [0.717, 1.165) is 0 Å². The molecule has 0 fully saturated rings. The summed E-state index contributed by atoms with van der Waals surface area (Å²) in [6.07, 6.45) is 2.10. The highest BCUT2D eigenvalue weighted by atomic mass is 16.4. The van der Waals surface area contributed by atoms with Crippen LogP contribution in [0.15, 0.2) is 36.8 Å². The quantitative estimate of drug-likeness (QED) is 0.120. The molecule has 1 aromatic heterocycles. The Morgan fingerprint density at radius 1 is 0.919 bits per heavy atom. The first-order chi connectivity index (χ1) is 17.5. The Balaban J connectivity index is 2.15. The molecule has 4 atom stereocenters. The zero-order valence-electron chi connectivity index (χ0n) is 19.6. The van der Waals surface area contributed by atoms with Crippen molar-refractivity contribution in [3.05, 3.63) is 48.0 Å². The summed E-state index contributed by atoms with van der Waals surface area (Å²) in [5.41, 5.74) is 11.9. The van der Waals surface area contributed by atoms with Crippen LogP contribution in [0.4, 0.5) is 0 Å². The number of aromatic hydroxyl groups is 1. The van der Waals surface area contributed by atoms with Gasteiger partial charge < -0.3 is 47.7 Å². The number of nitrogens with one attached hydrogen (secondary N) is 4. The molecule has 2 aromatic rings. The first-order valence-electron chi connectivity index (χ1n) is 11.0. The Hall–Kier alpha value is -4.50. The lowest BCUT2D eigenvalue weighted by Gasteiger charge is -2.24. The Labute approximate surface area is 210 Å². The predicted molar refractivity (Wildman–Crippen MR) is 126 cm³/mol. The van der Waals surface area contributed by atoms with Crippen molar-refractivity contribution in [1.82, 2.24) is 25.9 Å². The number of aromatic nitrogens is 2. The van der Waals surface area contributed by atoms with Crippen LogP contribution in [0, 0.1) is 0 Å². The van der Waals surface area contributed by atoms with Crippen molar-refractivity contribution in [3.63, 3.8) is 0 Å². The molecule has 0 radical (unpaired) electrons. The standard InChI is InChI=1S/C22H29N7O8/c23-14(6-12-8-25-10-26-12)19(33)29-17(9-30)21(35)27-15(5-11-1-3-13(31)4-2-11)20(34)28-16(22(36)37)7-18(24)32/h1-4,8,10,14-17,30-31H,5-7,9,23H2,(H2,24,32)(H,25,26)(H,27,35)(H,28,34)(H,29,33)(H,36,37). The van der Waals surface area contributed by atoms with Crippen molar-refractivity contribution >= 4 is 29.6 Å². The molecular formula is C22H29N7O8. The van der Waals surface area contributed by atoms with Crippen LogP contribution in [0.2, 0.25) is 0 Å². The van der Waals surface area contributed by atoms with Crippen LogP contribution in [0.1, 0.15) is 17.7 Å². The smallest absolute Gasteiger partial charge is 0.326 e. The fraction of sp³-hybridized carbons (Fsp3) is 0.364. The number of nitrogens with zero attached hydrogens (tertiary/aromatic N) is 1. The van der Waals surface area contributed by atoms with Crippen molar-refractivity contribution in [2.24, 2.45) is 11.5 Å². The molecular weight excluding hydrogens is 490 g/mol. The third-order valence-electron chi connectivity index (χ3n) is 5.18. The van der Waals surface area contributed by atoms with Gasteiger partial charge in [-0.2, -0.15) is 0 Å². The highest BCUT2D eigenvalue weighted by molar-refractivity contribution is 5.95. The van der Waals surface area contributed by atoms with Gasteiger partial charge in [-0.1, -0.05) is 12.1 Å². The van der Waals surface area contributed by atoms with Gasteiger partial charge in [-0.3, -0.25) is 19.2 Å². The number of nitrogens with two attached hydrogens (primary N) is 2. The number of hydrogen-bond acceptors (Lipinski definition) is 9.